The average Bonchev–Trinajstić information content (AvgIpc) is 3.47. The molecule has 3 fully saturated rings. The molecule has 0 amide bonds. The van der Waals surface area contributed by atoms with E-state index in [1.807, 2.05) is 18.3 Å². The first kappa shape index (κ1) is 22.2. The smallest absolute Gasteiger partial charge is 0.228 e. The van der Waals surface area contributed by atoms with Crippen molar-refractivity contribution >= 4 is 22.8 Å². The molecule has 1 saturated carbocycles. The van der Waals surface area contributed by atoms with E-state index in [0.29, 0.717) is 36.1 Å². The Bertz CT molecular complexity index is 1260. The molecule has 2 bridgehead atoms. The highest BCUT2D eigenvalue weighted by molar-refractivity contribution is 5.76. The molecule has 9 nitrogen and oxygen atoms in total. The van der Waals surface area contributed by atoms with Gasteiger partial charge in [-0.2, -0.15) is 15.1 Å². The van der Waals surface area contributed by atoms with Crippen molar-refractivity contribution in [3.8, 4) is 0 Å². The highest BCUT2D eigenvalue weighted by atomic mass is 19.1. The van der Waals surface area contributed by atoms with E-state index in [4.69, 9.17) is 9.97 Å². The molecule has 0 spiro atoms. The number of alkyl halides is 1. The normalized spacial score (nSPS) is 21.9. The number of anilines is 2. The Kier molecular flexibility index (Phi) is 5.55. The molecule has 2 aliphatic heterocycles. The zero-order valence-corrected chi connectivity index (χ0v) is 20.2. The van der Waals surface area contributed by atoms with Crippen molar-refractivity contribution in [1.29, 1.82) is 0 Å². The summed E-state index contributed by atoms with van der Waals surface area (Å²) in [4.78, 5) is 19.9. The third-order valence-electron chi connectivity index (χ3n) is 7.17. The number of H-pyrrole nitrogens is 2. The number of hydrogen-bond acceptors (Lipinski definition) is 7. The van der Waals surface area contributed by atoms with E-state index in [2.05, 4.69) is 35.7 Å². The third-order valence-corrected chi connectivity index (χ3v) is 7.17. The fraction of sp³-hybridized carbons (Fsp3) is 0.520. The molecule has 2 unspecified atom stereocenters. The second-order valence-electron chi connectivity index (χ2n) is 10.4. The van der Waals surface area contributed by atoms with Gasteiger partial charge in [0.05, 0.1) is 17.6 Å². The number of aromatic amines is 2. The summed E-state index contributed by atoms with van der Waals surface area (Å²) >= 11 is 0. The first-order chi connectivity index (χ1) is 16.9. The van der Waals surface area contributed by atoms with Gasteiger partial charge in [0.25, 0.3) is 0 Å². The summed E-state index contributed by atoms with van der Waals surface area (Å²) < 4.78 is 14.4. The molecule has 35 heavy (non-hydrogen) atoms. The predicted molar refractivity (Wildman–Crippen MR) is 133 cm³/mol. The minimum atomic E-state index is -1.40. The van der Waals surface area contributed by atoms with Crippen LogP contribution in [0.4, 0.5) is 16.2 Å². The molecule has 0 radical (unpaired) electrons. The van der Waals surface area contributed by atoms with Gasteiger partial charge in [0, 0.05) is 36.9 Å². The summed E-state index contributed by atoms with van der Waals surface area (Å²) in [6.07, 6.45) is 8.12. The van der Waals surface area contributed by atoms with Crippen molar-refractivity contribution < 1.29 is 4.39 Å². The van der Waals surface area contributed by atoms with Crippen molar-refractivity contribution in [2.75, 3.05) is 23.3 Å². The fourth-order valence-corrected chi connectivity index (χ4v) is 5.13. The minimum Gasteiger partial charge on any atom is -0.362 e. The maximum atomic E-state index is 14.4. The van der Waals surface area contributed by atoms with Gasteiger partial charge < -0.3 is 20.5 Å². The highest BCUT2D eigenvalue weighted by Crippen LogP contribution is 2.42. The first-order valence-electron chi connectivity index (χ1n) is 12.5. The first-order valence-corrected chi connectivity index (χ1v) is 12.5. The molecular weight excluding hydrogens is 445 g/mol. The van der Waals surface area contributed by atoms with Gasteiger partial charge in [-0.25, -0.2) is 9.37 Å². The Hall–Kier alpha value is -3.27. The van der Waals surface area contributed by atoms with Gasteiger partial charge in [-0.3, -0.25) is 5.10 Å². The number of benzene rings is 1. The van der Waals surface area contributed by atoms with Crippen molar-refractivity contribution in [2.24, 2.45) is 0 Å². The van der Waals surface area contributed by atoms with Crippen LogP contribution in [0.25, 0.3) is 11.0 Å². The van der Waals surface area contributed by atoms with E-state index >= 15 is 0 Å². The van der Waals surface area contributed by atoms with E-state index in [-0.39, 0.29) is 0 Å². The summed E-state index contributed by atoms with van der Waals surface area (Å²) in [5, 5.41) is 14.4. The SMILES string of the molecule is CC(C)(F)c1ccc2nc(CNc3nc(N4CC5CCC(C4)N5)ncn[nH]cc3C3CC3)[nH]c2c1. The lowest BCUT2D eigenvalue weighted by Crippen LogP contribution is -2.51. The van der Waals surface area contributed by atoms with Crippen LogP contribution in [0.2, 0.25) is 0 Å². The number of halogens is 1. The summed E-state index contributed by atoms with van der Waals surface area (Å²) in [6, 6.07) is 6.47. The molecule has 184 valence electrons. The molecule has 10 heteroatoms. The highest BCUT2D eigenvalue weighted by Gasteiger charge is 2.33. The van der Waals surface area contributed by atoms with E-state index < -0.39 is 5.67 Å². The molecule has 2 aromatic heterocycles. The number of aromatic nitrogens is 6. The van der Waals surface area contributed by atoms with Gasteiger partial charge in [-0.05, 0) is 63.1 Å². The minimum absolute atomic E-state index is 0.451. The molecule has 4 heterocycles. The second kappa shape index (κ2) is 8.75. The zero-order valence-electron chi connectivity index (χ0n) is 20.2. The molecule has 1 aromatic carbocycles. The standard InChI is InChI=1S/C25H32FN9/c1-25(2,26)16-5-8-20-21(9-16)33-22(32-20)11-27-23-19(15-3-4-15)10-29-30-14-28-24(34-23)35-12-17-6-7-18(13-35)31-17/h5,8-10,14-15,17-18,29,31H,3-4,6-7,11-13H2,1-2H3,(H,32,33)(H,27,28,30,34). The summed E-state index contributed by atoms with van der Waals surface area (Å²) in [5.41, 5.74) is 1.98. The summed E-state index contributed by atoms with van der Waals surface area (Å²) in [5.74, 6) is 2.70. The van der Waals surface area contributed by atoms with Crippen LogP contribution in [0.5, 0.6) is 0 Å². The Balaban J connectivity index is 1.31. The largest absolute Gasteiger partial charge is 0.362 e. The molecule has 3 aromatic rings. The average molecular weight is 478 g/mol. The number of nitrogens with zero attached hydrogens (tertiary/aromatic N) is 5. The van der Waals surface area contributed by atoms with Crippen molar-refractivity contribution in [3.05, 3.63) is 47.7 Å². The lowest BCUT2D eigenvalue weighted by Gasteiger charge is -2.32. The Morgan fingerprint density at radius 1 is 1.11 bits per heavy atom. The van der Waals surface area contributed by atoms with E-state index in [9.17, 15) is 4.39 Å². The third kappa shape index (κ3) is 4.80. The lowest BCUT2D eigenvalue weighted by molar-refractivity contribution is 0.221. The Morgan fingerprint density at radius 2 is 1.91 bits per heavy atom. The second-order valence-corrected chi connectivity index (χ2v) is 10.4. The fourth-order valence-electron chi connectivity index (χ4n) is 5.13. The van der Waals surface area contributed by atoms with Crippen molar-refractivity contribution in [1.82, 2.24) is 35.5 Å². The molecule has 3 aliphatic rings. The van der Waals surface area contributed by atoms with Crippen molar-refractivity contribution in [2.45, 2.75) is 69.7 Å². The molecular formula is C25H32FN9. The molecule has 1 aliphatic carbocycles. The predicted octanol–water partition coefficient (Wildman–Crippen LogP) is 3.84. The van der Waals surface area contributed by atoms with Gasteiger partial charge in [0.1, 0.15) is 23.6 Å². The van der Waals surface area contributed by atoms with Crippen LogP contribution in [0, 0.1) is 0 Å². The van der Waals surface area contributed by atoms with E-state index in [1.54, 1.807) is 19.9 Å². The topological polar surface area (TPSA) is 110 Å². The number of piperazine rings is 1. The number of rotatable bonds is 6. The van der Waals surface area contributed by atoms with Crippen LogP contribution in [0.15, 0.2) is 30.7 Å². The monoisotopic (exact) mass is 477 g/mol. The van der Waals surface area contributed by atoms with Crippen LogP contribution in [0.3, 0.4) is 0 Å². The quantitative estimate of drug-likeness (QED) is 0.427. The maximum absolute atomic E-state index is 14.4. The van der Waals surface area contributed by atoms with E-state index in [0.717, 1.165) is 54.2 Å². The number of nitrogens with one attached hydrogen (secondary N) is 4. The van der Waals surface area contributed by atoms with Crippen LogP contribution < -0.4 is 15.5 Å². The summed E-state index contributed by atoms with van der Waals surface area (Å²) in [6.45, 7) is 5.38. The van der Waals surface area contributed by atoms with Gasteiger partial charge in [-0.1, -0.05) is 6.07 Å². The van der Waals surface area contributed by atoms with E-state index in [1.165, 1.54) is 19.2 Å². The van der Waals surface area contributed by atoms with Crippen molar-refractivity contribution in [3.63, 3.8) is 0 Å². The van der Waals surface area contributed by atoms with Gasteiger partial charge in [-0.15, -0.1) is 0 Å². The Morgan fingerprint density at radius 3 is 2.66 bits per heavy atom. The number of imidazole rings is 1. The number of fused-ring (bicyclic) bond motifs is 3. The summed E-state index contributed by atoms with van der Waals surface area (Å²) in [7, 11) is 0. The molecule has 2 saturated heterocycles. The number of hydrogen-bond donors (Lipinski definition) is 4. The Labute approximate surface area is 203 Å². The zero-order chi connectivity index (χ0) is 24.0. The maximum Gasteiger partial charge on any atom is 0.228 e. The molecule has 2 atom stereocenters. The van der Waals surface area contributed by atoms with Gasteiger partial charge >= 0.3 is 0 Å². The van der Waals surface area contributed by atoms with Crippen LogP contribution in [0.1, 0.15) is 62.4 Å². The van der Waals surface area contributed by atoms with Crippen LogP contribution in [-0.2, 0) is 12.2 Å². The van der Waals surface area contributed by atoms with Crippen LogP contribution in [-0.4, -0.2) is 55.3 Å². The lowest BCUT2D eigenvalue weighted by atomic mass is 10.00. The molecule has 6 rings (SSSR count). The van der Waals surface area contributed by atoms with Crippen LogP contribution >= 0.6 is 0 Å². The van der Waals surface area contributed by atoms with Gasteiger partial charge in [0.15, 0.2) is 0 Å². The van der Waals surface area contributed by atoms with Gasteiger partial charge in [0.2, 0.25) is 5.95 Å². The molecule has 4 N–H and O–H groups in total.